The highest BCUT2D eigenvalue weighted by Crippen LogP contribution is 2.34. The Hall–Kier alpha value is -3.73. The number of rotatable bonds is 6. The first kappa shape index (κ1) is 25.9. The largest absolute Gasteiger partial charge is 0.381 e. The van der Waals surface area contributed by atoms with Gasteiger partial charge in [0.25, 0.3) is 0 Å². The van der Waals surface area contributed by atoms with Crippen molar-refractivity contribution in [2.24, 2.45) is 0 Å². The van der Waals surface area contributed by atoms with Crippen LogP contribution in [0.3, 0.4) is 0 Å². The second kappa shape index (κ2) is 10.2. The Morgan fingerprint density at radius 3 is 2.50 bits per heavy atom. The van der Waals surface area contributed by atoms with E-state index in [2.05, 4.69) is 20.3 Å². The van der Waals surface area contributed by atoms with Gasteiger partial charge in [-0.1, -0.05) is 29.5 Å². The SMILES string of the molecule is Cc1cccc(-c2nc(N)c(F)c(-c3cn(Cc4cccc(C5CCC(S(C)(=O)=O)CC5)n4)nn3)n2)c1C. The number of nitrogens with zero attached hydrogens (tertiary/aromatic N) is 6. The number of benzene rings is 1. The van der Waals surface area contributed by atoms with Crippen LogP contribution in [-0.2, 0) is 16.4 Å². The fourth-order valence-corrected chi connectivity index (χ4v) is 6.13. The van der Waals surface area contributed by atoms with Crippen molar-refractivity contribution in [1.82, 2.24) is 29.9 Å². The second-order valence-electron chi connectivity index (χ2n) is 10.0. The van der Waals surface area contributed by atoms with E-state index < -0.39 is 15.7 Å². The summed E-state index contributed by atoms with van der Waals surface area (Å²) in [6.07, 6.45) is 5.81. The van der Waals surface area contributed by atoms with Crippen LogP contribution >= 0.6 is 0 Å². The van der Waals surface area contributed by atoms with Crippen LogP contribution in [0.4, 0.5) is 10.2 Å². The number of nitrogen functional groups attached to an aromatic ring is 1. The van der Waals surface area contributed by atoms with Gasteiger partial charge in [-0.3, -0.25) is 4.98 Å². The van der Waals surface area contributed by atoms with E-state index in [0.29, 0.717) is 25.2 Å². The van der Waals surface area contributed by atoms with E-state index in [9.17, 15) is 12.8 Å². The first-order chi connectivity index (χ1) is 18.1. The first-order valence-corrected chi connectivity index (χ1v) is 14.5. The molecule has 4 aromatic rings. The van der Waals surface area contributed by atoms with Gasteiger partial charge in [-0.05, 0) is 62.8 Å². The molecular weight excluding hydrogens is 505 g/mol. The molecule has 1 fully saturated rings. The molecule has 3 heterocycles. The Morgan fingerprint density at radius 2 is 1.76 bits per heavy atom. The van der Waals surface area contributed by atoms with Crippen molar-refractivity contribution in [1.29, 1.82) is 0 Å². The molecule has 1 saturated carbocycles. The zero-order valence-corrected chi connectivity index (χ0v) is 22.4. The van der Waals surface area contributed by atoms with Gasteiger partial charge in [0.05, 0.1) is 23.7 Å². The minimum atomic E-state index is -3.01. The number of halogens is 1. The molecule has 2 N–H and O–H groups in total. The molecule has 0 aliphatic heterocycles. The van der Waals surface area contributed by atoms with Crippen LogP contribution in [0.5, 0.6) is 0 Å². The number of anilines is 1. The zero-order valence-electron chi connectivity index (χ0n) is 21.6. The molecule has 0 spiro atoms. The van der Waals surface area contributed by atoms with Crippen LogP contribution in [0, 0.1) is 19.7 Å². The quantitative estimate of drug-likeness (QED) is 0.388. The molecule has 1 aliphatic rings. The highest BCUT2D eigenvalue weighted by molar-refractivity contribution is 7.91. The minimum absolute atomic E-state index is 0.0102. The number of nitrogens with two attached hydrogens (primary N) is 1. The summed E-state index contributed by atoms with van der Waals surface area (Å²) in [7, 11) is -3.01. The lowest BCUT2D eigenvalue weighted by molar-refractivity contribution is 0.429. The average Bonchev–Trinajstić information content (AvgIpc) is 3.35. The third kappa shape index (κ3) is 5.28. The molecule has 0 amide bonds. The van der Waals surface area contributed by atoms with E-state index in [1.54, 1.807) is 10.9 Å². The summed E-state index contributed by atoms with van der Waals surface area (Å²) in [6.45, 7) is 4.29. The summed E-state index contributed by atoms with van der Waals surface area (Å²) in [4.78, 5) is 13.4. The van der Waals surface area contributed by atoms with E-state index in [-0.39, 0.29) is 28.4 Å². The zero-order chi connectivity index (χ0) is 27.0. The van der Waals surface area contributed by atoms with E-state index in [1.807, 2.05) is 50.2 Å². The maximum atomic E-state index is 15.0. The Balaban J connectivity index is 1.36. The monoisotopic (exact) mass is 535 g/mol. The molecule has 0 atom stereocenters. The average molecular weight is 536 g/mol. The van der Waals surface area contributed by atoms with Crippen LogP contribution in [0.15, 0.2) is 42.6 Å². The van der Waals surface area contributed by atoms with Crippen LogP contribution in [0.25, 0.3) is 22.8 Å². The van der Waals surface area contributed by atoms with Crippen molar-refractivity contribution < 1.29 is 12.8 Å². The Labute approximate surface area is 221 Å². The number of pyridine rings is 1. The van der Waals surface area contributed by atoms with Crippen LogP contribution in [0.2, 0.25) is 0 Å². The van der Waals surface area contributed by atoms with Crippen molar-refractivity contribution in [2.75, 3.05) is 12.0 Å². The Bertz CT molecular complexity index is 1590. The molecule has 3 aromatic heterocycles. The van der Waals surface area contributed by atoms with Crippen LogP contribution in [-0.4, -0.2) is 49.9 Å². The smallest absolute Gasteiger partial charge is 0.193 e. The van der Waals surface area contributed by atoms with Gasteiger partial charge < -0.3 is 5.73 Å². The summed E-state index contributed by atoms with van der Waals surface area (Å²) in [5.74, 6) is -0.438. The molecule has 9 nitrogen and oxygen atoms in total. The first-order valence-electron chi connectivity index (χ1n) is 12.5. The van der Waals surface area contributed by atoms with Gasteiger partial charge in [-0.2, -0.15) is 0 Å². The predicted molar refractivity (Wildman–Crippen MR) is 144 cm³/mol. The van der Waals surface area contributed by atoms with Crippen molar-refractivity contribution in [3.63, 3.8) is 0 Å². The number of sulfone groups is 1. The standard InChI is InChI=1S/C27H30FN7O2S/c1-16-6-4-8-21(17(16)2)27-31-25(24(28)26(29)32-27)23-15-35(34-33-23)14-19-7-5-9-22(30-19)18-10-12-20(13-11-18)38(3,36)37/h4-9,15,18,20H,10-14H2,1-3H3,(H2,29,31,32). The summed E-state index contributed by atoms with van der Waals surface area (Å²) in [5, 5.41) is 8.05. The summed E-state index contributed by atoms with van der Waals surface area (Å²) in [6, 6.07) is 11.6. The molecule has 0 saturated heterocycles. The lowest BCUT2D eigenvalue weighted by Gasteiger charge is -2.27. The van der Waals surface area contributed by atoms with Gasteiger partial charge in [0.2, 0.25) is 0 Å². The maximum Gasteiger partial charge on any atom is 0.193 e. The normalized spacial score (nSPS) is 18.0. The van der Waals surface area contributed by atoms with Crippen molar-refractivity contribution >= 4 is 15.7 Å². The van der Waals surface area contributed by atoms with Crippen molar-refractivity contribution in [3.05, 3.63) is 70.9 Å². The molecule has 0 bridgehead atoms. The predicted octanol–water partition coefficient (Wildman–Crippen LogP) is 4.25. The fourth-order valence-electron chi connectivity index (χ4n) is 5.00. The van der Waals surface area contributed by atoms with E-state index in [0.717, 1.165) is 40.9 Å². The molecule has 1 aliphatic carbocycles. The van der Waals surface area contributed by atoms with Crippen LogP contribution in [0.1, 0.15) is 54.1 Å². The van der Waals surface area contributed by atoms with Crippen LogP contribution < -0.4 is 5.73 Å². The van der Waals surface area contributed by atoms with Gasteiger partial charge in [-0.25, -0.2) is 27.5 Å². The van der Waals surface area contributed by atoms with E-state index in [1.165, 1.54) is 6.26 Å². The van der Waals surface area contributed by atoms with Gasteiger partial charge >= 0.3 is 0 Å². The van der Waals surface area contributed by atoms with Gasteiger partial charge in [0.1, 0.15) is 21.2 Å². The minimum Gasteiger partial charge on any atom is -0.381 e. The number of aryl methyl sites for hydroxylation is 1. The maximum absolute atomic E-state index is 15.0. The lowest BCUT2D eigenvalue weighted by atomic mass is 9.86. The summed E-state index contributed by atoms with van der Waals surface area (Å²) < 4.78 is 40.3. The third-order valence-electron chi connectivity index (χ3n) is 7.35. The molecule has 0 radical (unpaired) electrons. The molecule has 0 unspecified atom stereocenters. The van der Waals surface area contributed by atoms with Crippen molar-refractivity contribution in [2.45, 2.75) is 57.2 Å². The number of hydrogen-bond donors (Lipinski definition) is 1. The molecule has 5 rings (SSSR count). The van der Waals surface area contributed by atoms with Gasteiger partial charge in [0.15, 0.2) is 17.5 Å². The molecule has 38 heavy (non-hydrogen) atoms. The van der Waals surface area contributed by atoms with E-state index >= 15 is 0 Å². The molecule has 1 aromatic carbocycles. The number of aromatic nitrogens is 6. The summed E-state index contributed by atoms with van der Waals surface area (Å²) >= 11 is 0. The highest BCUT2D eigenvalue weighted by Gasteiger charge is 2.29. The summed E-state index contributed by atoms with van der Waals surface area (Å²) in [5.41, 5.74) is 10.7. The van der Waals surface area contributed by atoms with Gasteiger partial charge in [-0.15, -0.1) is 5.10 Å². The van der Waals surface area contributed by atoms with E-state index in [4.69, 9.17) is 10.7 Å². The Kier molecular flexibility index (Phi) is 6.95. The molecule has 11 heteroatoms. The van der Waals surface area contributed by atoms with Crippen molar-refractivity contribution in [3.8, 4) is 22.8 Å². The second-order valence-corrected chi connectivity index (χ2v) is 12.3. The topological polar surface area (TPSA) is 130 Å². The molecule has 198 valence electrons. The highest BCUT2D eigenvalue weighted by atomic mass is 32.2. The lowest BCUT2D eigenvalue weighted by Crippen LogP contribution is -2.25. The number of hydrogen-bond acceptors (Lipinski definition) is 8. The fraction of sp³-hybridized carbons (Fsp3) is 0.370. The third-order valence-corrected chi connectivity index (χ3v) is 9.04. The Morgan fingerprint density at radius 1 is 1.03 bits per heavy atom. The molecular formula is C27H30FN7O2S. The van der Waals surface area contributed by atoms with Gasteiger partial charge in [0, 0.05) is 23.4 Å².